The number of pyridine rings is 2. The summed E-state index contributed by atoms with van der Waals surface area (Å²) >= 11 is 0. The Morgan fingerprint density at radius 2 is 0.895 bits per heavy atom. The Kier molecular flexibility index (Phi) is 6.60. The van der Waals surface area contributed by atoms with Crippen LogP contribution in [0, 0.1) is 0 Å². The van der Waals surface area contributed by atoms with Crippen molar-refractivity contribution in [2.75, 3.05) is 0 Å². The first-order valence-corrected chi connectivity index (χ1v) is 12.4. The third-order valence-electron chi connectivity index (χ3n) is 6.05. The molecule has 182 valence electrons. The molecule has 6 rings (SSSR count). The lowest BCUT2D eigenvalue weighted by Gasteiger charge is -2.11. The molecule has 0 unspecified atom stereocenters. The maximum atomic E-state index is 6.17. The van der Waals surface area contributed by atoms with Crippen molar-refractivity contribution in [1.29, 1.82) is 0 Å². The van der Waals surface area contributed by atoms with E-state index in [-0.39, 0.29) is 0 Å². The average Bonchev–Trinajstić information content (AvgIpc) is 2.99. The smallest absolute Gasteiger partial charge is 0.224 e. The Balaban J connectivity index is 1.28. The predicted molar refractivity (Wildman–Crippen MR) is 151 cm³/mol. The highest BCUT2D eigenvalue weighted by molar-refractivity contribution is 5.72. The summed E-state index contributed by atoms with van der Waals surface area (Å²) in [6.45, 7) is 0. The molecule has 4 nitrogen and oxygen atoms in total. The molecule has 0 aliphatic rings. The molecule has 0 aliphatic heterocycles. The van der Waals surface area contributed by atoms with Crippen LogP contribution < -0.4 is 9.47 Å². The monoisotopic (exact) mass is 492 g/mol. The highest BCUT2D eigenvalue weighted by Gasteiger charge is 2.10. The first kappa shape index (κ1) is 23.2. The molecule has 0 amide bonds. The normalized spacial score (nSPS) is 10.6. The molecule has 0 atom stereocenters. The van der Waals surface area contributed by atoms with Crippen molar-refractivity contribution in [3.8, 4) is 56.9 Å². The maximum Gasteiger partial charge on any atom is 0.224 e. The van der Waals surface area contributed by atoms with Gasteiger partial charge in [0.25, 0.3) is 0 Å². The first-order chi connectivity index (χ1) is 18.8. The summed E-state index contributed by atoms with van der Waals surface area (Å²) in [6, 6.07) is 47.9. The molecular formula is C34H24N2O2. The van der Waals surface area contributed by atoms with Gasteiger partial charge in [-0.1, -0.05) is 109 Å². The lowest BCUT2D eigenvalue weighted by atomic mass is 10.0. The second-order valence-electron chi connectivity index (χ2n) is 8.72. The summed E-state index contributed by atoms with van der Waals surface area (Å²) in [5.74, 6) is 2.00. The molecule has 6 aromatic rings. The van der Waals surface area contributed by atoms with Crippen LogP contribution >= 0.6 is 0 Å². The van der Waals surface area contributed by atoms with Crippen LogP contribution in [0.1, 0.15) is 0 Å². The number of rotatable bonds is 7. The van der Waals surface area contributed by atoms with Crippen LogP contribution in [0.25, 0.3) is 33.5 Å². The predicted octanol–water partition coefficient (Wildman–Crippen LogP) is 9.06. The molecule has 0 bridgehead atoms. The molecular weight excluding hydrogens is 468 g/mol. The lowest BCUT2D eigenvalue weighted by molar-refractivity contribution is 0.417. The van der Waals surface area contributed by atoms with Crippen LogP contribution in [0.4, 0.5) is 0 Å². The first-order valence-electron chi connectivity index (χ1n) is 12.4. The van der Waals surface area contributed by atoms with E-state index in [1.165, 1.54) is 0 Å². The van der Waals surface area contributed by atoms with Gasteiger partial charge in [0.05, 0.1) is 5.69 Å². The van der Waals surface area contributed by atoms with Gasteiger partial charge in [-0.25, -0.2) is 4.98 Å². The van der Waals surface area contributed by atoms with Gasteiger partial charge in [-0.3, -0.25) is 0 Å². The van der Waals surface area contributed by atoms with Crippen molar-refractivity contribution in [1.82, 2.24) is 9.97 Å². The van der Waals surface area contributed by atoms with Crippen molar-refractivity contribution in [3.05, 3.63) is 146 Å². The molecule has 2 aromatic heterocycles. The molecule has 2 heterocycles. The summed E-state index contributed by atoms with van der Waals surface area (Å²) in [7, 11) is 0. The Morgan fingerprint density at radius 1 is 0.342 bits per heavy atom. The second-order valence-corrected chi connectivity index (χ2v) is 8.72. The van der Waals surface area contributed by atoms with Crippen LogP contribution in [-0.2, 0) is 0 Å². The van der Waals surface area contributed by atoms with Gasteiger partial charge < -0.3 is 9.47 Å². The highest BCUT2D eigenvalue weighted by atomic mass is 16.5. The summed E-state index contributed by atoms with van der Waals surface area (Å²) in [5, 5.41) is 0. The molecule has 0 saturated carbocycles. The van der Waals surface area contributed by atoms with Crippen molar-refractivity contribution >= 4 is 0 Å². The van der Waals surface area contributed by atoms with E-state index in [9.17, 15) is 0 Å². The van der Waals surface area contributed by atoms with Crippen LogP contribution in [0.2, 0.25) is 0 Å². The van der Waals surface area contributed by atoms with Gasteiger partial charge in [0.1, 0.15) is 5.75 Å². The lowest BCUT2D eigenvalue weighted by Crippen LogP contribution is -1.95. The summed E-state index contributed by atoms with van der Waals surface area (Å²) in [5.41, 5.74) is 6.14. The van der Waals surface area contributed by atoms with E-state index in [1.54, 1.807) is 6.07 Å². The average molecular weight is 493 g/mol. The van der Waals surface area contributed by atoms with Crippen molar-refractivity contribution < 1.29 is 9.47 Å². The molecule has 0 fully saturated rings. The topological polar surface area (TPSA) is 44.2 Å². The molecule has 0 aliphatic carbocycles. The molecule has 38 heavy (non-hydrogen) atoms. The van der Waals surface area contributed by atoms with E-state index >= 15 is 0 Å². The van der Waals surface area contributed by atoms with Crippen LogP contribution in [-0.4, -0.2) is 9.97 Å². The van der Waals surface area contributed by atoms with Gasteiger partial charge >= 0.3 is 0 Å². The van der Waals surface area contributed by atoms with E-state index < -0.39 is 0 Å². The number of hydrogen-bond acceptors (Lipinski definition) is 4. The van der Waals surface area contributed by atoms with E-state index in [0.29, 0.717) is 23.4 Å². The van der Waals surface area contributed by atoms with E-state index in [0.717, 1.165) is 33.5 Å². The molecule has 4 aromatic carbocycles. The van der Waals surface area contributed by atoms with Gasteiger partial charge in [-0.2, -0.15) is 4.98 Å². The Bertz CT molecular complexity index is 1600. The number of benzene rings is 4. The van der Waals surface area contributed by atoms with Crippen LogP contribution in [0.3, 0.4) is 0 Å². The minimum atomic E-state index is 0.401. The minimum absolute atomic E-state index is 0.401. The third kappa shape index (κ3) is 5.45. The second kappa shape index (κ2) is 10.8. The van der Waals surface area contributed by atoms with E-state index in [2.05, 4.69) is 41.4 Å². The van der Waals surface area contributed by atoms with Crippen LogP contribution in [0.5, 0.6) is 23.4 Å². The van der Waals surface area contributed by atoms with Gasteiger partial charge in [-0.05, 0) is 40.5 Å². The SMILES string of the molecule is c1ccc(-c2cccc(Oc3cccc(Oc4cc(-c5ccccc5)cc(-c5ccccc5)n4)n3)c2)cc1. The fraction of sp³-hybridized carbons (Fsp3) is 0. The van der Waals surface area contributed by atoms with Crippen molar-refractivity contribution in [2.45, 2.75) is 0 Å². The van der Waals surface area contributed by atoms with E-state index in [4.69, 9.17) is 14.5 Å². The standard InChI is InChI=1S/C34H24N2O2/c1-4-12-25(13-5-1)28-18-10-19-30(22-28)37-32-20-11-21-33(36-32)38-34-24-29(26-14-6-2-7-15-26)23-31(35-34)27-16-8-3-9-17-27/h1-24H. The zero-order chi connectivity index (χ0) is 25.6. The summed E-state index contributed by atoms with van der Waals surface area (Å²) in [6.07, 6.45) is 0. The highest BCUT2D eigenvalue weighted by Crippen LogP contribution is 2.32. The third-order valence-corrected chi connectivity index (χ3v) is 6.05. The molecule has 0 saturated heterocycles. The van der Waals surface area contributed by atoms with Gasteiger partial charge in [0.2, 0.25) is 17.6 Å². The molecule has 0 radical (unpaired) electrons. The quantitative estimate of drug-likeness (QED) is 0.223. The zero-order valence-corrected chi connectivity index (χ0v) is 20.6. The minimum Gasteiger partial charge on any atom is -0.439 e. The van der Waals surface area contributed by atoms with Gasteiger partial charge in [-0.15, -0.1) is 0 Å². The van der Waals surface area contributed by atoms with Crippen molar-refractivity contribution in [3.63, 3.8) is 0 Å². The fourth-order valence-corrected chi connectivity index (χ4v) is 4.22. The largest absolute Gasteiger partial charge is 0.439 e. The van der Waals surface area contributed by atoms with Gasteiger partial charge in [0, 0.05) is 23.8 Å². The molecule has 0 N–H and O–H groups in total. The maximum absolute atomic E-state index is 6.17. The number of aromatic nitrogens is 2. The number of ether oxygens (including phenoxy) is 2. The Labute approximate surface area is 221 Å². The zero-order valence-electron chi connectivity index (χ0n) is 20.6. The molecule has 4 heteroatoms. The summed E-state index contributed by atoms with van der Waals surface area (Å²) in [4.78, 5) is 9.37. The van der Waals surface area contributed by atoms with Crippen molar-refractivity contribution in [2.24, 2.45) is 0 Å². The van der Waals surface area contributed by atoms with E-state index in [1.807, 2.05) is 103 Å². The number of nitrogens with zero attached hydrogens (tertiary/aromatic N) is 2. The fourth-order valence-electron chi connectivity index (χ4n) is 4.22. The van der Waals surface area contributed by atoms with Crippen LogP contribution in [0.15, 0.2) is 146 Å². The Morgan fingerprint density at radius 3 is 1.58 bits per heavy atom. The molecule has 0 spiro atoms. The van der Waals surface area contributed by atoms with Gasteiger partial charge in [0.15, 0.2) is 0 Å². The summed E-state index contributed by atoms with van der Waals surface area (Å²) < 4.78 is 12.3. The Hall–Kier alpha value is -5.22. The number of hydrogen-bond donors (Lipinski definition) is 0.